The highest BCUT2D eigenvalue weighted by atomic mass is 16.5. The minimum Gasteiger partial charge on any atom is -0.507 e. The molecule has 89 valence electrons. The maximum atomic E-state index is 10.0. The number of phenolic OH excluding ortho intramolecular Hbond substituents is 1. The van der Waals surface area contributed by atoms with Crippen LogP contribution in [0.2, 0.25) is 0 Å². The lowest BCUT2D eigenvalue weighted by molar-refractivity contribution is 0.410. The van der Waals surface area contributed by atoms with E-state index >= 15 is 0 Å². The summed E-state index contributed by atoms with van der Waals surface area (Å²) in [4.78, 5) is 7.30. The molecule has 3 aromatic rings. The third-order valence-electron chi connectivity index (χ3n) is 2.88. The van der Waals surface area contributed by atoms with E-state index in [9.17, 15) is 5.11 Å². The van der Waals surface area contributed by atoms with E-state index < -0.39 is 0 Å². The number of hydrogen-bond acceptors (Lipinski definition) is 3. The van der Waals surface area contributed by atoms with E-state index in [0.717, 1.165) is 16.6 Å². The van der Waals surface area contributed by atoms with Crippen molar-refractivity contribution in [3.63, 3.8) is 0 Å². The van der Waals surface area contributed by atoms with Crippen molar-refractivity contribution in [1.29, 1.82) is 0 Å². The van der Waals surface area contributed by atoms with Gasteiger partial charge in [-0.1, -0.05) is 0 Å². The van der Waals surface area contributed by atoms with Gasteiger partial charge in [0, 0.05) is 23.3 Å². The van der Waals surface area contributed by atoms with Crippen LogP contribution in [0, 0.1) is 6.07 Å². The summed E-state index contributed by atoms with van der Waals surface area (Å²) in [6, 6.07) is 9.86. The van der Waals surface area contributed by atoms with Crippen molar-refractivity contribution < 1.29 is 9.84 Å². The molecule has 0 bridgehead atoms. The highest BCUT2D eigenvalue weighted by Gasteiger charge is 2.15. The molecule has 0 aliphatic heterocycles. The van der Waals surface area contributed by atoms with E-state index in [1.165, 1.54) is 6.07 Å². The molecule has 0 fully saturated rings. The monoisotopic (exact) mass is 239 g/mol. The summed E-state index contributed by atoms with van der Waals surface area (Å²) in [6.07, 6.45) is 3.54. The normalized spacial score (nSPS) is 10.7. The van der Waals surface area contributed by atoms with Gasteiger partial charge in [0.25, 0.3) is 0 Å². The zero-order valence-corrected chi connectivity index (χ0v) is 9.77. The van der Waals surface area contributed by atoms with Gasteiger partial charge in [-0.3, -0.25) is 0 Å². The van der Waals surface area contributed by atoms with Gasteiger partial charge < -0.3 is 14.8 Å². The molecular weight excluding hydrogens is 228 g/mol. The number of H-pyrrole nitrogens is 1. The molecule has 3 rings (SSSR count). The van der Waals surface area contributed by atoms with Crippen molar-refractivity contribution in [3.8, 4) is 22.6 Å². The fourth-order valence-corrected chi connectivity index (χ4v) is 2.06. The Labute approximate surface area is 104 Å². The van der Waals surface area contributed by atoms with Gasteiger partial charge >= 0.3 is 0 Å². The molecule has 18 heavy (non-hydrogen) atoms. The topological polar surface area (TPSA) is 58.1 Å². The predicted octanol–water partition coefficient (Wildman–Crippen LogP) is 2.74. The van der Waals surface area contributed by atoms with Crippen LogP contribution in [0.15, 0.2) is 36.7 Å². The van der Waals surface area contributed by atoms with Gasteiger partial charge in [0.15, 0.2) is 0 Å². The van der Waals surface area contributed by atoms with E-state index in [2.05, 4.69) is 16.0 Å². The average molecular weight is 239 g/mol. The number of rotatable bonds is 2. The molecule has 1 radical (unpaired) electrons. The maximum absolute atomic E-state index is 10.0. The summed E-state index contributed by atoms with van der Waals surface area (Å²) in [7, 11) is 1.57. The van der Waals surface area contributed by atoms with Crippen LogP contribution in [-0.4, -0.2) is 22.2 Å². The molecule has 4 nitrogen and oxygen atoms in total. The van der Waals surface area contributed by atoms with Gasteiger partial charge in [0.1, 0.15) is 17.1 Å². The predicted molar refractivity (Wildman–Crippen MR) is 68.6 cm³/mol. The number of methoxy groups -OCH3 is 1. The van der Waals surface area contributed by atoms with Gasteiger partial charge in [-0.2, -0.15) is 0 Å². The number of benzene rings is 1. The van der Waals surface area contributed by atoms with Crippen molar-refractivity contribution in [2.45, 2.75) is 0 Å². The number of aromatic hydroxyl groups is 1. The minimum atomic E-state index is 0.138. The number of fused-ring (bicyclic) bond motifs is 1. The summed E-state index contributed by atoms with van der Waals surface area (Å²) >= 11 is 0. The Morgan fingerprint density at radius 2 is 2.28 bits per heavy atom. The van der Waals surface area contributed by atoms with Gasteiger partial charge in [-0.15, -0.1) is 0 Å². The fourth-order valence-electron chi connectivity index (χ4n) is 2.06. The van der Waals surface area contributed by atoms with Crippen molar-refractivity contribution in [3.05, 3.63) is 42.7 Å². The SMILES string of the molecule is COc1c[c]cc(O)c1-c1c[nH]c2ncccc12. The average Bonchev–Trinajstić information content (AvgIpc) is 2.82. The Hall–Kier alpha value is -2.49. The number of pyridine rings is 1. The summed E-state index contributed by atoms with van der Waals surface area (Å²) in [5.41, 5.74) is 2.29. The first-order valence-corrected chi connectivity index (χ1v) is 5.51. The molecule has 0 amide bonds. The maximum Gasteiger partial charge on any atom is 0.137 e. The third kappa shape index (κ3) is 1.50. The Morgan fingerprint density at radius 3 is 3.11 bits per heavy atom. The fraction of sp³-hybridized carbons (Fsp3) is 0.0714. The molecule has 2 heterocycles. The second kappa shape index (κ2) is 4.07. The number of nitrogens with zero attached hydrogens (tertiary/aromatic N) is 1. The summed E-state index contributed by atoms with van der Waals surface area (Å²) in [5.74, 6) is 0.721. The summed E-state index contributed by atoms with van der Waals surface area (Å²) in [6.45, 7) is 0. The smallest absolute Gasteiger partial charge is 0.137 e. The molecular formula is C14H11N2O2. The second-order valence-corrected chi connectivity index (χ2v) is 3.89. The third-order valence-corrected chi connectivity index (χ3v) is 2.88. The highest BCUT2D eigenvalue weighted by Crippen LogP contribution is 2.40. The Kier molecular flexibility index (Phi) is 2.41. The van der Waals surface area contributed by atoms with Crippen LogP contribution >= 0.6 is 0 Å². The quantitative estimate of drug-likeness (QED) is 0.723. The molecule has 0 unspecified atom stereocenters. The highest BCUT2D eigenvalue weighted by molar-refractivity contribution is 5.96. The van der Waals surface area contributed by atoms with Crippen LogP contribution in [0.1, 0.15) is 0 Å². The molecule has 1 aromatic carbocycles. The van der Waals surface area contributed by atoms with Gasteiger partial charge in [0.2, 0.25) is 0 Å². The molecule has 2 N–H and O–H groups in total. The number of nitrogens with one attached hydrogen (secondary N) is 1. The van der Waals surface area contributed by atoms with Crippen molar-refractivity contribution in [2.24, 2.45) is 0 Å². The molecule has 0 spiro atoms. The van der Waals surface area contributed by atoms with Crippen LogP contribution in [0.3, 0.4) is 0 Å². The molecule has 0 aliphatic rings. The molecule has 4 heteroatoms. The van der Waals surface area contributed by atoms with Gasteiger partial charge in [0.05, 0.1) is 12.7 Å². The lowest BCUT2D eigenvalue weighted by atomic mass is 10.0. The van der Waals surface area contributed by atoms with E-state index in [1.54, 1.807) is 19.4 Å². The van der Waals surface area contributed by atoms with Crippen molar-refractivity contribution in [2.75, 3.05) is 7.11 Å². The zero-order chi connectivity index (χ0) is 12.5. The molecule has 0 aliphatic carbocycles. The number of aromatic amines is 1. The molecule has 2 aromatic heterocycles. The molecule has 0 saturated heterocycles. The van der Waals surface area contributed by atoms with Gasteiger partial charge in [-0.25, -0.2) is 4.98 Å². The number of aromatic nitrogens is 2. The van der Waals surface area contributed by atoms with Gasteiger partial charge in [-0.05, 0) is 30.3 Å². The first kappa shape index (κ1) is 10.7. The van der Waals surface area contributed by atoms with Crippen LogP contribution < -0.4 is 4.74 Å². The van der Waals surface area contributed by atoms with E-state index in [4.69, 9.17) is 4.74 Å². The van der Waals surface area contributed by atoms with Crippen LogP contribution in [0.4, 0.5) is 0 Å². The van der Waals surface area contributed by atoms with E-state index in [-0.39, 0.29) is 5.75 Å². The second-order valence-electron chi connectivity index (χ2n) is 3.89. The Bertz CT molecular complexity index is 704. The lowest BCUT2D eigenvalue weighted by Crippen LogP contribution is -1.87. The largest absolute Gasteiger partial charge is 0.507 e. The molecule has 0 atom stereocenters. The van der Waals surface area contributed by atoms with Crippen molar-refractivity contribution >= 4 is 11.0 Å². The Morgan fingerprint density at radius 1 is 1.39 bits per heavy atom. The first-order chi connectivity index (χ1) is 8.81. The van der Waals surface area contributed by atoms with Crippen LogP contribution in [-0.2, 0) is 0 Å². The minimum absolute atomic E-state index is 0.138. The summed E-state index contributed by atoms with van der Waals surface area (Å²) in [5, 5.41) is 11.0. The number of ether oxygens (including phenoxy) is 1. The van der Waals surface area contributed by atoms with Crippen LogP contribution in [0.25, 0.3) is 22.2 Å². The number of hydrogen-bond donors (Lipinski definition) is 2. The van der Waals surface area contributed by atoms with Crippen LogP contribution in [0.5, 0.6) is 11.5 Å². The van der Waals surface area contributed by atoms with Crippen molar-refractivity contribution in [1.82, 2.24) is 9.97 Å². The standard InChI is InChI=1S/C14H11N2O2/c1-18-12-6-2-5-11(17)13(12)10-8-16-14-9(10)4-3-7-15-14/h3-8,17H,1H3,(H,15,16). The molecule has 0 saturated carbocycles. The Balaban J connectivity index is 2.33. The lowest BCUT2D eigenvalue weighted by Gasteiger charge is -2.09. The number of phenols is 1. The van der Waals surface area contributed by atoms with E-state index in [1.807, 2.05) is 18.3 Å². The first-order valence-electron chi connectivity index (χ1n) is 5.51. The van der Waals surface area contributed by atoms with E-state index in [0.29, 0.717) is 11.3 Å². The zero-order valence-electron chi connectivity index (χ0n) is 9.77. The summed E-state index contributed by atoms with van der Waals surface area (Å²) < 4.78 is 5.27.